The normalized spacial score (nSPS) is 12.8. The molecule has 27 heavy (non-hydrogen) atoms. The fourth-order valence-electron chi connectivity index (χ4n) is 3.38. The fraction of sp³-hybridized carbons (Fsp3) is 0.273. The van der Waals surface area contributed by atoms with E-state index in [9.17, 15) is 4.79 Å². The summed E-state index contributed by atoms with van der Waals surface area (Å²) in [5.41, 5.74) is 5.31. The molecule has 4 nitrogen and oxygen atoms in total. The van der Waals surface area contributed by atoms with Gasteiger partial charge in [0.05, 0.1) is 5.52 Å². The van der Waals surface area contributed by atoms with Crippen molar-refractivity contribution >= 4 is 28.5 Å². The van der Waals surface area contributed by atoms with E-state index in [2.05, 4.69) is 11.1 Å². The van der Waals surface area contributed by atoms with Crippen LogP contribution >= 0.6 is 11.6 Å². The molecule has 5 heteroatoms. The molecule has 0 saturated heterocycles. The van der Waals surface area contributed by atoms with Crippen LogP contribution in [-0.4, -0.2) is 17.6 Å². The maximum atomic E-state index is 12.0. The zero-order valence-electron chi connectivity index (χ0n) is 15.1. The number of nitrogens with zero attached hydrogens (tertiary/aromatic N) is 1. The topological polar surface area (TPSA) is 48.4 Å². The standard InChI is InChI=1S/C22H20ClNO3/c1-14-5-6-17-10-18(22(23)24-20(17)9-14)12-27-21(25)13-26-19-8-7-15-3-2-4-16(15)11-19/h5-11H,2-4,12-13H2,1H3. The second-order valence-electron chi connectivity index (χ2n) is 6.87. The monoisotopic (exact) mass is 381 g/mol. The summed E-state index contributed by atoms with van der Waals surface area (Å²) in [5, 5.41) is 1.31. The molecule has 4 rings (SSSR count). The molecule has 0 N–H and O–H groups in total. The minimum Gasteiger partial charge on any atom is -0.482 e. The Morgan fingerprint density at radius 2 is 1.96 bits per heavy atom. The van der Waals surface area contributed by atoms with Gasteiger partial charge in [0.15, 0.2) is 6.61 Å². The molecule has 1 aliphatic carbocycles. The summed E-state index contributed by atoms with van der Waals surface area (Å²) in [4.78, 5) is 16.4. The van der Waals surface area contributed by atoms with E-state index in [-0.39, 0.29) is 13.2 Å². The lowest BCUT2D eigenvalue weighted by molar-refractivity contribution is -0.147. The van der Waals surface area contributed by atoms with Gasteiger partial charge in [0, 0.05) is 10.9 Å². The third kappa shape index (κ3) is 4.06. The molecule has 0 fully saturated rings. The number of carbonyl (C=O) groups is 1. The van der Waals surface area contributed by atoms with Gasteiger partial charge in [0.1, 0.15) is 17.5 Å². The Kier molecular flexibility index (Phi) is 4.99. The molecule has 1 heterocycles. The molecule has 0 unspecified atom stereocenters. The molecule has 0 spiro atoms. The first-order chi connectivity index (χ1) is 13.1. The molecule has 1 aromatic heterocycles. The van der Waals surface area contributed by atoms with Gasteiger partial charge in [-0.2, -0.15) is 0 Å². The Morgan fingerprint density at radius 3 is 2.85 bits per heavy atom. The van der Waals surface area contributed by atoms with Gasteiger partial charge in [-0.05, 0) is 67.1 Å². The summed E-state index contributed by atoms with van der Waals surface area (Å²) in [6.45, 7) is 1.95. The number of pyridine rings is 1. The number of carbonyl (C=O) groups excluding carboxylic acids is 1. The van der Waals surface area contributed by atoms with Gasteiger partial charge in [-0.1, -0.05) is 29.8 Å². The van der Waals surface area contributed by atoms with E-state index < -0.39 is 5.97 Å². The highest BCUT2D eigenvalue weighted by Crippen LogP contribution is 2.26. The van der Waals surface area contributed by atoms with Crippen LogP contribution in [0.2, 0.25) is 5.15 Å². The van der Waals surface area contributed by atoms with Crippen molar-refractivity contribution in [3.8, 4) is 5.75 Å². The van der Waals surface area contributed by atoms with Crippen molar-refractivity contribution in [1.82, 2.24) is 4.98 Å². The van der Waals surface area contributed by atoms with E-state index >= 15 is 0 Å². The van der Waals surface area contributed by atoms with Crippen molar-refractivity contribution in [3.05, 3.63) is 69.9 Å². The Bertz CT molecular complexity index is 1020. The zero-order chi connectivity index (χ0) is 18.8. The number of ether oxygens (including phenoxy) is 2. The van der Waals surface area contributed by atoms with Crippen LogP contribution in [0.4, 0.5) is 0 Å². The van der Waals surface area contributed by atoms with Crippen LogP contribution in [0.1, 0.15) is 28.7 Å². The van der Waals surface area contributed by atoms with Crippen LogP contribution in [0.25, 0.3) is 10.9 Å². The SMILES string of the molecule is Cc1ccc2cc(COC(=O)COc3ccc4c(c3)CCC4)c(Cl)nc2c1. The molecule has 0 bridgehead atoms. The molecule has 0 radical (unpaired) electrons. The third-order valence-electron chi connectivity index (χ3n) is 4.81. The second kappa shape index (κ2) is 7.57. The molecule has 0 saturated carbocycles. The van der Waals surface area contributed by atoms with Gasteiger partial charge < -0.3 is 9.47 Å². The second-order valence-corrected chi connectivity index (χ2v) is 7.23. The molecule has 1 aliphatic rings. The first kappa shape index (κ1) is 17.8. The number of aromatic nitrogens is 1. The van der Waals surface area contributed by atoms with E-state index in [0.29, 0.717) is 16.5 Å². The highest BCUT2D eigenvalue weighted by molar-refractivity contribution is 6.30. The number of hydrogen-bond acceptors (Lipinski definition) is 4. The smallest absolute Gasteiger partial charge is 0.344 e. The minimum atomic E-state index is -0.435. The van der Waals surface area contributed by atoms with Crippen molar-refractivity contribution in [3.63, 3.8) is 0 Å². The van der Waals surface area contributed by atoms with E-state index in [1.54, 1.807) is 0 Å². The zero-order valence-corrected chi connectivity index (χ0v) is 15.9. The van der Waals surface area contributed by atoms with Crippen LogP contribution in [0, 0.1) is 6.92 Å². The lowest BCUT2D eigenvalue weighted by Crippen LogP contribution is -2.15. The van der Waals surface area contributed by atoms with Gasteiger partial charge in [0.2, 0.25) is 0 Å². The van der Waals surface area contributed by atoms with Crippen LogP contribution in [-0.2, 0) is 29.0 Å². The van der Waals surface area contributed by atoms with Crippen LogP contribution in [0.15, 0.2) is 42.5 Å². The summed E-state index contributed by atoms with van der Waals surface area (Å²) in [6.07, 6.45) is 3.38. The average molecular weight is 382 g/mol. The van der Waals surface area contributed by atoms with Crippen LogP contribution < -0.4 is 4.74 Å². The Morgan fingerprint density at radius 1 is 1.11 bits per heavy atom. The molecule has 0 amide bonds. The summed E-state index contributed by atoms with van der Waals surface area (Å²) < 4.78 is 10.9. The highest BCUT2D eigenvalue weighted by atomic mass is 35.5. The number of halogens is 1. The number of aryl methyl sites for hydroxylation is 3. The summed E-state index contributed by atoms with van der Waals surface area (Å²) in [5.74, 6) is 0.268. The fourth-order valence-corrected chi connectivity index (χ4v) is 3.58. The predicted molar refractivity (Wildman–Crippen MR) is 105 cm³/mol. The largest absolute Gasteiger partial charge is 0.482 e. The van der Waals surface area contributed by atoms with Crippen LogP contribution in [0.3, 0.4) is 0 Å². The Labute approximate surface area is 163 Å². The number of hydrogen-bond donors (Lipinski definition) is 0. The average Bonchev–Trinajstić information content (AvgIpc) is 3.12. The lowest BCUT2D eigenvalue weighted by atomic mass is 10.1. The minimum absolute atomic E-state index is 0.0715. The summed E-state index contributed by atoms with van der Waals surface area (Å²) in [6, 6.07) is 13.9. The van der Waals surface area contributed by atoms with E-state index in [1.807, 2.05) is 43.3 Å². The van der Waals surface area contributed by atoms with Gasteiger partial charge in [-0.25, -0.2) is 9.78 Å². The molecule has 0 atom stereocenters. The predicted octanol–water partition coefficient (Wildman–Crippen LogP) is 4.81. The molecular weight excluding hydrogens is 362 g/mol. The number of rotatable bonds is 5. The van der Waals surface area contributed by atoms with Crippen molar-refractivity contribution in [2.75, 3.05) is 6.61 Å². The van der Waals surface area contributed by atoms with Crippen molar-refractivity contribution in [2.24, 2.45) is 0 Å². The first-order valence-electron chi connectivity index (χ1n) is 9.04. The van der Waals surface area contributed by atoms with Gasteiger partial charge >= 0.3 is 5.97 Å². The molecule has 2 aromatic carbocycles. The summed E-state index contributed by atoms with van der Waals surface area (Å²) >= 11 is 6.23. The quantitative estimate of drug-likeness (QED) is 0.470. The number of esters is 1. The van der Waals surface area contributed by atoms with Crippen molar-refractivity contribution in [2.45, 2.75) is 32.8 Å². The number of benzene rings is 2. The third-order valence-corrected chi connectivity index (χ3v) is 5.14. The molecule has 3 aromatic rings. The first-order valence-corrected chi connectivity index (χ1v) is 9.42. The maximum absolute atomic E-state index is 12.0. The van der Waals surface area contributed by atoms with E-state index in [4.69, 9.17) is 21.1 Å². The molecule has 138 valence electrons. The van der Waals surface area contributed by atoms with Crippen molar-refractivity contribution < 1.29 is 14.3 Å². The van der Waals surface area contributed by atoms with Gasteiger partial charge in [-0.15, -0.1) is 0 Å². The van der Waals surface area contributed by atoms with Gasteiger partial charge in [-0.3, -0.25) is 0 Å². The highest BCUT2D eigenvalue weighted by Gasteiger charge is 2.13. The molecular formula is C22H20ClNO3. The lowest BCUT2D eigenvalue weighted by Gasteiger charge is -2.10. The maximum Gasteiger partial charge on any atom is 0.344 e. The van der Waals surface area contributed by atoms with Gasteiger partial charge in [0.25, 0.3) is 0 Å². The van der Waals surface area contributed by atoms with Crippen molar-refractivity contribution in [1.29, 1.82) is 0 Å². The number of fused-ring (bicyclic) bond motifs is 2. The summed E-state index contributed by atoms with van der Waals surface area (Å²) in [7, 11) is 0. The van der Waals surface area contributed by atoms with E-state index in [1.165, 1.54) is 17.5 Å². The van der Waals surface area contributed by atoms with Crippen LogP contribution in [0.5, 0.6) is 5.75 Å². The molecule has 0 aliphatic heterocycles. The van der Waals surface area contributed by atoms with E-state index in [0.717, 1.165) is 29.3 Å². The Hall–Kier alpha value is -2.59. The Balaban J connectivity index is 1.35.